The molecule has 0 fully saturated rings. The molecule has 0 amide bonds. The Bertz CT molecular complexity index is 745. The third kappa shape index (κ3) is 3.89. The van der Waals surface area contributed by atoms with E-state index in [1.165, 1.54) is 0 Å². The predicted molar refractivity (Wildman–Crippen MR) is 86.2 cm³/mol. The van der Waals surface area contributed by atoms with Crippen molar-refractivity contribution in [3.8, 4) is 11.8 Å². The van der Waals surface area contributed by atoms with Gasteiger partial charge in [-0.15, -0.1) is 0 Å². The van der Waals surface area contributed by atoms with Crippen molar-refractivity contribution in [3.05, 3.63) is 78.6 Å². The quantitative estimate of drug-likeness (QED) is 0.575. The molecule has 0 spiro atoms. The number of nitrogens with one attached hydrogen (secondary N) is 1. The largest absolute Gasteiger partial charge is 0.424 e. The van der Waals surface area contributed by atoms with Crippen molar-refractivity contribution in [1.29, 1.82) is 0 Å². The van der Waals surface area contributed by atoms with Crippen LogP contribution in [0, 0.1) is 0 Å². The molecule has 2 aromatic carbocycles. The van der Waals surface area contributed by atoms with Crippen LogP contribution in [-0.2, 0) is 0 Å². The van der Waals surface area contributed by atoms with Crippen molar-refractivity contribution in [1.82, 2.24) is 9.97 Å². The topological polar surface area (TPSA) is 59.4 Å². The van der Waals surface area contributed by atoms with Crippen molar-refractivity contribution in [2.75, 3.05) is 5.43 Å². The van der Waals surface area contributed by atoms with Gasteiger partial charge in [0.25, 0.3) is 0 Å². The second-order valence-corrected chi connectivity index (χ2v) is 4.44. The summed E-state index contributed by atoms with van der Waals surface area (Å²) in [5.41, 5.74) is 4.81. The molecule has 22 heavy (non-hydrogen) atoms. The van der Waals surface area contributed by atoms with Gasteiger partial charge in [-0.25, -0.2) is 9.97 Å². The Morgan fingerprint density at radius 2 is 1.73 bits per heavy atom. The van der Waals surface area contributed by atoms with Crippen molar-refractivity contribution in [3.63, 3.8) is 0 Å². The zero-order chi connectivity index (χ0) is 15.0. The summed E-state index contributed by atoms with van der Waals surface area (Å²) in [6, 6.07) is 19.4. The molecule has 0 aliphatic carbocycles. The smallest absolute Gasteiger partial charge is 0.321 e. The van der Waals surface area contributed by atoms with Gasteiger partial charge in [0, 0.05) is 12.4 Å². The Labute approximate surface area is 128 Å². The summed E-state index contributed by atoms with van der Waals surface area (Å²) in [5.74, 6) is 0.662. The molecule has 0 aliphatic heterocycles. The van der Waals surface area contributed by atoms with Gasteiger partial charge < -0.3 is 4.74 Å². The van der Waals surface area contributed by atoms with E-state index in [0.717, 1.165) is 11.3 Å². The molecular formula is C17H14N4O. The van der Waals surface area contributed by atoms with Crippen molar-refractivity contribution >= 4 is 11.9 Å². The SMILES string of the molecule is C(=NNc1ccccc1)c1cccc(Oc2ncccn2)c1. The number of aromatic nitrogens is 2. The van der Waals surface area contributed by atoms with Crippen LogP contribution in [0.25, 0.3) is 0 Å². The highest BCUT2D eigenvalue weighted by Crippen LogP contribution is 2.17. The van der Waals surface area contributed by atoms with E-state index in [1.807, 2.05) is 54.6 Å². The van der Waals surface area contributed by atoms with E-state index in [4.69, 9.17) is 4.74 Å². The minimum atomic E-state index is 0.319. The van der Waals surface area contributed by atoms with Crippen molar-refractivity contribution < 1.29 is 4.74 Å². The molecule has 108 valence electrons. The molecule has 1 N–H and O–H groups in total. The number of benzene rings is 2. The monoisotopic (exact) mass is 290 g/mol. The van der Waals surface area contributed by atoms with Crippen LogP contribution in [0.5, 0.6) is 11.8 Å². The van der Waals surface area contributed by atoms with Gasteiger partial charge in [-0.05, 0) is 35.9 Å². The van der Waals surface area contributed by atoms with Crippen LogP contribution in [0.2, 0.25) is 0 Å². The predicted octanol–water partition coefficient (Wildman–Crippen LogP) is 3.71. The first-order chi connectivity index (χ1) is 10.9. The van der Waals surface area contributed by atoms with E-state index in [0.29, 0.717) is 11.8 Å². The summed E-state index contributed by atoms with van der Waals surface area (Å²) in [7, 11) is 0. The first-order valence-electron chi connectivity index (χ1n) is 6.79. The van der Waals surface area contributed by atoms with E-state index in [2.05, 4.69) is 20.5 Å². The standard InChI is InChI=1S/C17H14N4O/c1-2-7-15(8-3-1)21-20-13-14-6-4-9-16(12-14)22-17-18-10-5-11-19-17/h1-13,21H. The molecule has 3 rings (SSSR count). The lowest BCUT2D eigenvalue weighted by molar-refractivity contribution is 0.441. The lowest BCUT2D eigenvalue weighted by Gasteiger charge is -2.03. The highest BCUT2D eigenvalue weighted by atomic mass is 16.5. The number of nitrogens with zero attached hydrogens (tertiary/aromatic N) is 3. The fourth-order valence-electron chi connectivity index (χ4n) is 1.80. The number of anilines is 1. The maximum atomic E-state index is 5.58. The summed E-state index contributed by atoms with van der Waals surface area (Å²) in [6.45, 7) is 0. The minimum Gasteiger partial charge on any atom is -0.424 e. The summed E-state index contributed by atoms with van der Waals surface area (Å²) >= 11 is 0. The lowest BCUT2D eigenvalue weighted by atomic mass is 10.2. The van der Waals surface area contributed by atoms with E-state index in [1.54, 1.807) is 24.7 Å². The zero-order valence-electron chi connectivity index (χ0n) is 11.8. The Hall–Kier alpha value is -3.21. The average Bonchev–Trinajstić information content (AvgIpc) is 2.57. The Morgan fingerprint density at radius 1 is 0.909 bits per heavy atom. The van der Waals surface area contributed by atoms with Crippen LogP contribution in [-0.4, -0.2) is 16.2 Å². The number of hydrogen-bond donors (Lipinski definition) is 1. The molecule has 0 aliphatic rings. The second-order valence-electron chi connectivity index (χ2n) is 4.44. The van der Waals surface area contributed by atoms with Crippen LogP contribution < -0.4 is 10.2 Å². The molecule has 0 atom stereocenters. The molecule has 0 bridgehead atoms. The molecular weight excluding hydrogens is 276 g/mol. The van der Waals surface area contributed by atoms with Gasteiger partial charge in [0.1, 0.15) is 5.75 Å². The first kappa shape index (κ1) is 13.8. The van der Waals surface area contributed by atoms with Crippen LogP contribution in [0.4, 0.5) is 5.69 Å². The lowest BCUT2D eigenvalue weighted by Crippen LogP contribution is -1.92. The van der Waals surface area contributed by atoms with Crippen LogP contribution in [0.15, 0.2) is 78.2 Å². The van der Waals surface area contributed by atoms with E-state index in [9.17, 15) is 0 Å². The molecule has 5 heteroatoms. The first-order valence-corrected chi connectivity index (χ1v) is 6.79. The third-order valence-corrected chi connectivity index (χ3v) is 2.79. The van der Waals surface area contributed by atoms with Gasteiger partial charge in [-0.2, -0.15) is 5.10 Å². The molecule has 0 saturated carbocycles. The molecule has 1 heterocycles. The van der Waals surface area contributed by atoms with Gasteiger partial charge in [-0.1, -0.05) is 30.3 Å². The summed E-state index contributed by atoms with van der Waals surface area (Å²) < 4.78 is 5.58. The molecule has 0 saturated heterocycles. The highest BCUT2D eigenvalue weighted by molar-refractivity contribution is 5.80. The summed E-state index contributed by atoms with van der Waals surface area (Å²) in [5, 5.41) is 4.20. The fraction of sp³-hybridized carbons (Fsp3) is 0. The van der Waals surface area contributed by atoms with Crippen LogP contribution in [0.3, 0.4) is 0 Å². The summed E-state index contributed by atoms with van der Waals surface area (Å²) in [4.78, 5) is 8.05. The van der Waals surface area contributed by atoms with E-state index >= 15 is 0 Å². The third-order valence-electron chi connectivity index (χ3n) is 2.79. The summed E-state index contributed by atoms with van der Waals surface area (Å²) in [6.07, 6.45) is 5.00. The van der Waals surface area contributed by atoms with E-state index in [-0.39, 0.29) is 0 Å². The van der Waals surface area contributed by atoms with Crippen molar-refractivity contribution in [2.24, 2.45) is 5.10 Å². The Kier molecular flexibility index (Phi) is 4.37. The van der Waals surface area contributed by atoms with Gasteiger partial charge in [0.15, 0.2) is 0 Å². The number of para-hydroxylation sites is 1. The number of ether oxygens (including phenoxy) is 1. The van der Waals surface area contributed by atoms with E-state index < -0.39 is 0 Å². The number of hydrogen-bond acceptors (Lipinski definition) is 5. The molecule has 3 aromatic rings. The molecule has 1 aromatic heterocycles. The van der Waals surface area contributed by atoms with Crippen molar-refractivity contribution in [2.45, 2.75) is 0 Å². The maximum Gasteiger partial charge on any atom is 0.321 e. The zero-order valence-corrected chi connectivity index (χ0v) is 11.8. The molecule has 0 unspecified atom stereocenters. The molecule has 5 nitrogen and oxygen atoms in total. The average molecular weight is 290 g/mol. The van der Waals surface area contributed by atoms with Gasteiger partial charge in [-0.3, -0.25) is 5.43 Å². The minimum absolute atomic E-state index is 0.319. The van der Waals surface area contributed by atoms with Gasteiger partial charge >= 0.3 is 6.01 Å². The van der Waals surface area contributed by atoms with Gasteiger partial charge in [0.2, 0.25) is 0 Å². The number of rotatable bonds is 5. The van der Waals surface area contributed by atoms with Crippen LogP contribution >= 0.6 is 0 Å². The fourth-order valence-corrected chi connectivity index (χ4v) is 1.80. The Balaban J connectivity index is 1.66. The maximum absolute atomic E-state index is 5.58. The Morgan fingerprint density at radius 3 is 2.55 bits per heavy atom. The normalized spacial score (nSPS) is 10.5. The van der Waals surface area contributed by atoms with Gasteiger partial charge in [0.05, 0.1) is 11.9 Å². The molecule has 0 radical (unpaired) electrons. The second kappa shape index (κ2) is 6.99. The van der Waals surface area contributed by atoms with Crippen LogP contribution in [0.1, 0.15) is 5.56 Å². The highest BCUT2D eigenvalue weighted by Gasteiger charge is 1.99. The number of hydrazone groups is 1.